The Bertz CT molecular complexity index is 975. The Morgan fingerprint density at radius 2 is 1.65 bits per heavy atom. The summed E-state index contributed by atoms with van der Waals surface area (Å²) in [6.45, 7) is 8.32. The van der Waals surface area contributed by atoms with Gasteiger partial charge in [0, 0.05) is 22.9 Å². The minimum atomic E-state index is -2.00. The molecule has 0 heterocycles. The van der Waals surface area contributed by atoms with Crippen molar-refractivity contribution in [2.45, 2.75) is 64.7 Å². The first kappa shape index (κ1) is 25.3. The molecule has 6 unspecified atom stereocenters. The van der Waals surface area contributed by atoms with E-state index in [1.54, 1.807) is 65.0 Å². The van der Waals surface area contributed by atoms with Crippen LogP contribution in [0.3, 0.4) is 0 Å². The zero-order valence-electron chi connectivity index (χ0n) is 20.0. The van der Waals surface area contributed by atoms with Crippen LogP contribution in [-0.4, -0.2) is 51.6 Å². The molecule has 0 aliphatic heterocycles. The van der Waals surface area contributed by atoms with Crippen molar-refractivity contribution >= 4 is 29.8 Å². The molecule has 10 nitrogen and oxygen atoms in total. The Morgan fingerprint density at radius 1 is 1.03 bits per heavy atom. The molecule has 0 bridgehead atoms. The van der Waals surface area contributed by atoms with Gasteiger partial charge in [-0.1, -0.05) is 32.0 Å². The molecule has 2 aliphatic carbocycles. The van der Waals surface area contributed by atoms with Crippen LogP contribution in [0.2, 0.25) is 0 Å². The highest BCUT2D eigenvalue weighted by Crippen LogP contribution is 2.76. The third-order valence-corrected chi connectivity index (χ3v) is 7.03. The summed E-state index contributed by atoms with van der Waals surface area (Å²) in [6, 6.07) is 8.55. The van der Waals surface area contributed by atoms with Crippen molar-refractivity contribution < 1.29 is 38.9 Å². The minimum absolute atomic E-state index is 0.146. The van der Waals surface area contributed by atoms with E-state index < -0.39 is 64.5 Å². The number of fused-ring (bicyclic) bond motifs is 1. The Labute approximate surface area is 198 Å². The van der Waals surface area contributed by atoms with Gasteiger partial charge in [0.2, 0.25) is 0 Å². The lowest BCUT2D eigenvalue weighted by Gasteiger charge is -2.42. The van der Waals surface area contributed by atoms with E-state index >= 15 is 0 Å². The molecule has 2 amide bonds. The number of rotatable bonds is 7. The summed E-state index contributed by atoms with van der Waals surface area (Å²) in [5.74, 6) is -5.35. The van der Waals surface area contributed by atoms with E-state index in [9.17, 15) is 29.4 Å². The molecule has 0 aromatic heterocycles. The van der Waals surface area contributed by atoms with Gasteiger partial charge in [-0.05, 0) is 45.7 Å². The van der Waals surface area contributed by atoms with Gasteiger partial charge in [0.25, 0.3) is 0 Å². The van der Waals surface area contributed by atoms with E-state index in [0.29, 0.717) is 5.69 Å². The normalized spacial score (nSPS) is 31.7. The van der Waals surface area contributed by atoms with Gasteiger partial charge in [0.15, 0.2) is 5.54 Å². The fraction of sp³-hybridized carbons (Fsp3) is 0.583. The van der Waals surface area contributed by atoms with Crippen molar-refractivity contribution in [3.05, 3.63) is 30.3 Å². The molecular weight excluding hydrogens is 444 g/mol. The number of amides is 2. The Hall–Kier alpha value is -3.30. The van der Waals surface area contributed by atoms with Gasteiger partial charge < -0.3 is 25.0 Å². The summed E-state index contributed by atoms with van der Waals surface area (Å²) in [5, 5.41) is 25.5. The van der Waals surface area contributed by atoms with Gasteiger partial charge in [-0.25, -0.2) is 14.4 Å². The second-order valence-corrected chi connectivity index (χ2v) is 9.85. The monoisotopic (exact) mass is 476 g/mol. The van der Waals surface area contributed by atoms with E-state index in [4.69, 9.17) is 9.47 Å². The predicted molar refractivity (Wildman–Crippen MR) is 121 cm³/mol. The lowest BCUT2D eigenvalue weighted by Crippen LogP contribution is -2.65. The topological polar surface area (TPSA) is 151 Å². The molecule has 3 rings (SSSR count). The van der Waals surface area contributed by atoms with E-state index in [1.807, 2.05) is 0 Å². The number of carbonyl (C=O) groups excluding carboxylic acids is 2. The average Bonchev–Trinajstić information content (AvgIpc) is 3.36. The summed E-state index contributed by atoms with van der Waals surface area (Å²) in [5.41, 5.74) is -3.77. The molecule has 2 fully saturated rings. The predicted octanol–water partition coefficient (Wildman–Crippen LogP) is 3.72. The number of hydrogen-bond acceptors (Lipinski definition) is 6. The molecule has 0 radical (unpaired) electrons. The van der Waals surface area contributed by atoms with Crippen LogP contribution < -0.4 is 10.6 Å². The van der Waals surface area contributed by atoms with E-state index in [0.717, 1.165) is 0 Å². The highest BCUT2D eigenvalue weighted by atomic mass is 16.6. The molecule has 1 aromatic rings. The first-order valence-corrected chi connectivity index (χ1v) is 11.4. The second kappa shape index (κ2) is 8.81. The number of para-hydroxylation sites is 1. The number of nitrogens with one attached hydrogen (secondary N) is 2. The summed E-state index contributed by atoms with van der Waals surface area (Å²) >= 11 is 0. The van der Waals surface area contributed by atoms with Crippen molar-refractivity contribution in [2.75, 3.05) is 5.32 Å². The minimum Gasteiger partial charge on any atom is -0.481 e. The van der Waals surface area contributed by atoms with E-state index in [2.05, 4.69) is 10.6 Å². The fourth-order valence-electron chi connectivity index (χ4n) is 5.98. The number of alkyl carbamates (subject to hydrolysis) is 1. The largest absolute Gasteiger partial charge is 0.481 e. The maximum atomic E-state index is 12.9. The number of aliphatic carboxylic acids is 2. The zero-order chi connectivity index (χ0) is 25.5. The summed E-state index contributed by atoms with van der Waals surface area (Å²) < 4.78 is 11.0. The molecule has 1 aromatic carbocycles. The van der Waals surface area contributed by atoms with Crippen molar-refractivity contribution in [1.29, 1.82) is 0 Å². The summed E-state index contributed by atoms with van der Waals surface area (Å²) in [6.07, 6.45) is -2.47. The fourth-order valence-corrected chi connectivity index (χ4v) is 5.98. The number of carboxylic acid groups (broad SMARTS) is 2. The van der Waals surface area contributed by atoms with Crippen molar-refractivity contribution in [3.63, 3.8) is 0 Å². The van der Waals surface area contributed by atoms with Crippen molar-refractivity contribution in [1.82, 2.24) is 5.32 Å². The molecule has 0 spiro atoms. The third-order valence-electron chi connectivity index (χ3n) is 7.03. The number of anilines is 1. The molecule has 10 heteroatoms. The van der Waals surface area contributed by atoms with Crippen LogP contribution in [0.4, 0.5) is 15.3 Å². The highest BCUT2D eigenvalue weighted by Gasteiger charge is 2.89. The Kier molecular flexibility index (Phi) is 6.56. The lowest BCUT2D eigenvalue weighted by molar-refractivity contribution is -0.155. The smallest absolute Gasteiger partial charge is 0.411 e. The van der Waals surface area contributed by atoms with E-state index in [-0.39, 0.29) is 12.8 Å². The van der Waals surface area contributed by atoms with Crippen LogP contribution in [0.1, 0.15) is 47.5 Å². The average molecular weight is 477 g/mol. The van der Waals surface area contributed by atoms with Crippen LogP contribution in [0.15, 0.2) is 30.3 Å². The van der Waals surface area contributed by atoms with Gasteiger partial charge in [-0.15, -0.1) is 0 Å². The lowest BCUT2D eigenvalue weighted by atomic mass is 9.70. The zero-order valence-corrected chi connectivity index (χ0v) is 20.0. The van der Waals surface area contributed by atoms with Gasteiger partial charge >= 0.3 is 24.1 Å². The van der Waals surface area contributed by atoms with Gasteiger partial charge in [-0.3, -0.25) is 10.1 Å². The number of carboxylic acids is 2. The molecule has 2 aliphatic rings. The van der Waals surface area contributed by atoms with Crippen LogP contribution in [0, 0.1) is 23.2 Å². The van der Waals surface area contributed by atoms with Gasteiger partial charge in [0.05, 0.1) is 5.92 Å². The molecule has 0 saturated heterocycles. The molecule has 6 atom stereocenters. The number of hydrogen-bond donors (Lipinski definition) is 4. The first-order chi connectivity index (χ1) is 15.9. The quantitative estimate of drug-likeness (QED) is 0.465. The van der Waals surface area contributed by atoms with Crippen LogP contribution in [0.5, 0.6) is 0 Å². The highest BCUT2D eigenvalue weighted by molar-refractivity contribution is 5.92. The van der Waals surface area contributed by atoms with Gasteiger partial charge in [-0.2, -0.15) is 0 Å². The maximum Gasteiger partial charge on any atom is 0.411 e. The first-order valence-electron chi connectivity index (χ1n) is 11.4. The van der Waals surface area contributed by atoms with Crippen molar-refractivity contribution in [2.24, 2.45) is 23.2 Å². The summed E-state index contributed by atoms with van der Waals surface area (Å²) in [7, 11) is 0. The number of benzene rings is 1. The Morgan fingerprint density at radius 3 is 2.12 bits per heavy atom. The molecular formula is C24H32N2O8. The second-order valence-electron chi connectivity index (χ2n) is 9.85. The standard InChI is InChI=1S/C24H32N2O8/c1-6-14-17(33-20(31)25-13-11-9-8-10-12-13)15-16(18(27)28)23(15,7-2)24(14,19(29)30)26-21(32)34-22(3,4)5/h8-12,14-17H,6-7H2,1-5H3,(H,25,31)(H,26,32)(H,27,28)(H,29,30). The van der Waals surface area contributed by atoms with Crippen LogP contribution in [0.25, 0.3) is 0 Å². The number of ether oxygens (including phenoxy) is 2. The van der Waals surface area contributed by atoms with E-state index in [1.165, 1.54) is 0 Å². The van der Waals surface area contributed by atoms with Crippen molar-refractivity contribution in [3.8, 4) is 0 Å². The van der Waals surface area contributed by atoms with Crippen LogP contribution in [-0.2, 0) is 19.1 Å². The Balaban J connectivity index is 2.02. The van der Waals surface area contributed by atoms with Crippen LogP contribution >= 0.6 is 0 Å². The molecule has 186 valence electrons. The maximum absolute atomic E-state index is 12.9. The number of carbonyl (C=O) groups is 4. The van der Waals surface area contributed by atoms with Gasteiger partial charge in [0.1, 0.15) is 11.7 Å². The molecule has 2 saturated carbocycles. The molecule has 34 heavy (non-hydrogen) atoms. The SMILES string of the molecule is CCC1C(OC(=O)Nc2ccccc2)C2C(C(=O)O)C2(CC)C1(NC(=O)OC(C)(C)C)C(=O)O. The summed E-state index contributed by atoms with van der Waals surface area (Å²) in [4.78, 5) is 50.6. The molecule has 4 N–H and O–H groups in total. The third kappa shape index (κ3) is 3.95.